The molecule has 6 atom stereocenters. The lowest BCUT2D eigenvalue weighted by molar-refractivity contribution is -0.212. The lowest BCUT2D eigenvalue weighted by atomic mass is 9.55. The van der Waals surface area contributed by atoms with Gasteiger partial charge >= 0.3 is 0 Å². The van der Waals surface area contributed by atoms with Crippen LogP contribution < -0.4 is 4.74 Å². The van der Waals surface area contributed by atoms with Crippen LogP contribution in [-0.2, 0) is 20.7 Å². The lowest BCUT2D eigenvalue weighted by Crippen LogP contribution is -2.49. The van der Waals surface area contributed by atoms with E-state index in [1.54, 1.807) is 7.11 Å². The Morgan fingerprint density at radius 2 is 2.04 bits per heavy atom. The van der Waals surface area contributed by atoms with Crippen molar-refractivity contribution in [3.63, 3.8) is 0 Å². The monoisotopic (exact) mass is 384 g/mol. The highest BCUT2D eigenvalue weighted by Gasteiger charge is 2.58. The molecule has 5 rings (SSSR count). The van der Waals surface area contributed by atoms with Gasteiger partial charge in [0, 0.05) is 24.4 Å². The third kappa shape index (κ3) is 2.91. The first kappa shape index (κ1) is 18.6. The largest absolute Gasteiger partial charge is 0.497 e. The van der Waals surface area contributed by atoms with E-state index in [1.165, 1.54) is 24.0 Å². The van der Waals surface area contributed by atoms with Crippen LogP contribution >= 0.6 is 0 Å². The molecule has 3 aliphatic carbocycles. The smallest absolute Gasteiger partial charge is 0.157 e. The van der Waals surface area contributed by atoms with E-state index in [0.29, 0.717) is 24.0 Å². The van der Waals surface area contributed by atoms with Crippen molar-refractivity contribution in [3.05, 3.63) is 29.3 Å². The molecule has 4 aliphatic rings. The SMILES string of the molecule is COc1ccc2c(c1)CC[C@@H]1[C@@H]2C(=O)C[C@]2(C)[C@@H](OC3CCCCO3)CC[C@@H]12. The molecule has 152 valence electrons. The number of benzene rings is 1. The Labute approximate surface area is 167 Å². The molecule has 1 heterocycles. The summed E-state index contributed by atoms with van der Waals surface area (Å²) in [7, 11) is 1.71. The topological polar surface area (TPSA) is 44.8 Å². The van der Waals surface area contributed by atoms with E-state index < -0.39 is 0 Å². The number of methoxy groups -OCH3 is 1. The fourth-order valence-electron chi connectivity index (χ4n) is 6.68. The number of ketones is 1. The first-order valence-electron chi connectivity index (χ1n) is 11.1. The van der Waals surface area contributed by atoms with E-state index >= 15 is 0 Å². The maximum atomic E-state index is 13.4. The van der Waals surface area contributed by atoms with Gasteiger partial charge < -0.3 is 14.2 Å². The summed E-state index contributed by atoms with van der Waals surface area (Å²) in [5, 5.41) is 0. The summed E-state index contributed by atoms with van der Waals surface area (Å²) in [6, 6.07) is 6.29. The van der Waals surface area contributed by atoms with Crippen LogP contribution in [0.25, 0.3) is 0 Å². The van der Waals surface area contributed by atoms with Crippen LogP contribution in [0.1, 0.15) is 68.9 Å². The first-order chi connectivity index (χ1) is 13.6. The molecule has 0 bridgehead atoms. The van der Waals surface area contributed by atoms with Crippen molar-refractivity contribution >= 4 is 5.78 Å². The molecule has 1 aliphatic heterocycles. The van der Waals surface area contributed by atoms with Crippen molar-refractivity contribution in [1.29, 1.82) is 0 Å². The third-order valence-corrected chi connectivity index (χ3v) is 8.06. The molecule has 1 unspecified atom stereocenters. The van der Waals surface area contributed by atoms with Gasteiger partial charge in [-0.2, -0.15) is 0 Å². The standard InChI is InChI=1S/C24H32O4/c1-24-14-20(25)23-17-9-7-16(26-2)13-15(17)6-8-18(23)19(24)10-11-21(24)28-22-5-3-4-12-27-22/h7,9,13,18-19,21-23H,3-6,8,10-12,14H2,1-2H3/t18-,19-,21-,22?,23+,24-/m0/s1. The average Bonchev–Trinajstić information content (AvgIpc) is 3.03. The Morgan fingerprint density at radius 3 is 2.82 bits per heavy atom. The predicted molar refractivity (Wildman–Crippen MR) is 106 cm³/mol. The van der Waals surface area contributed by atoms with Gasteiger partial charge in [0.2, 0.25) is 0 Å². The quantitative estimate of drug-likeness (QED) is 0.761. The van der Waals surface area contributed by atoms with Gasteiger partial charge in [0.25, 0.3) is 0 Å². The summed E-state index contributed by atoms with van der Waals surface area (Å²) in [6.07, 6.45) is 8.42. The number of hydrogen-bond acceptors (Lipinski definition) is 4. The van der Waals surface area contributed by atoms with Gasteiger partial charge in [0.05, 0.1) is 13.2 Å². The second-order valence-electron chi connectivity index (χ2n) is 9.50. The third-order valence-electron chi connectivity index (χ3n) is 8.06. The van der Waals surface area contributed by atoms with Crippen molar-refractivity contribution in [1.82, 2.24) is 0 Å². The van der Waals surface area contributed by atoms with Crippen LogP contribution in [0, 0.1) is 17.3 Å². The Kier molecular flexibility index (Phi) is 4.75. The maximum absolute atomic E-state index is 13.4. The van der Waals surface area contributed by atoms with Crippen molar-refractivity contribution < 1.29 is 19.0 Å². The Morgan fingerprint density at radius 1 is 1.14 bits per heavy atom. The van der Waals surface area contributed by atoms with Gasteiger partial charge in [-0.25, -0.2) is 0 Å². The second kappa shape index (κ2) is 7.14. The molecular weight excluding hydrogens is 352 g/mol. The average molecular weight is 385 g/mol. The summed E-state index contributed by atoms with van der Waals surface area (Å²) in [6.45, 7) is 3.12. The summed E-state index contributed by atoms with van der Waals surface area (Å²) in [5.74, 6) is 2.39. The Balaban J connectivity index is 1.40. The van der Waals surface area contributed by atoms with Crippen LogP contribution in [0.2, 0.25) is 0 Å². The van der Waals surface area contributed by atoms with Gasteiger partial charge in [-0.05, 0) is 80.0 Å². The highest BCUT2D eigenvalue weighted by atomic mass is 16.7. The lowest BCUT2D eigenvalue weighted by Gasteiger charge is -2.50. The van der Waals surface area contributed by atoms with E-state index in [2.05, 4.69) is 19.1 Å². The molecule has 1 aromatic rings. The molecule has 0 aromatic heterocycles. The van der Waals surface area contributed by atoms with Crippen molar-refractivity contribution in [2.45, 2.75) is 76.6 Å². The van der Waals surface area contributed by atoms with Crippen LogP contribution in [0.15, 0.2) is 18.2 Å². The van der Waals surface area contributed by atoms with Crippen molar-refractivity contribution in [2.24, 2.45) is 17.3 Å². The molecule has 4 heteroatoms. The van der Waals surface area contributed by atoms with Crippen LogP contribution in [0.4, 0.5) is 0 Å². The minimum Gasteiger partial charge on any atom is -0.497 e. The molecule has 2 saturated carbocycles. The molecule has 4 nitrogen and oxygen atoms in total. The fraction of sp³-hybridized carbons (Fsp3) is 0.708. The number of carbonyl (C=O) groups is 1. The number of fused-ring (bicyclic) bond motifs is 5. The van der Waals surface area contributed by atoms with E-state index in [4.69, 9.17) is 14.2 Å². The van der Waals surface area contributed by atoms with Gasteiger partial charge in [0.15, 0.2) is 6.29 Å². The van der Waals surface area contributed by atoms with Gasteiger partial charge in [0.1, 0.15) is 11.5 Å². The highest BCUT2D eigenvalue weighted by molar-refractivity contribution is 5.88. The Bertz CT molecular complexity index is 753. The first-order valence-corrected chi connectivity index (χ1v) is 11.1. The molecule has 0 spiro atoms. The Hall–Kier alpha value is -1.39. The van der Waals surface area contributed by atoms with E-state index in [1.807, 2.05) is 6.07 Å². The number of aryl methyl sites for hydroxylation is 1. The number of hydrogen-bond donors (Lipinski definition) is 0. The summed E-state index contributed by atoms with van der Waals surface area (Å²) < 4.78 is 17.7. The van der Waals surface area contributed by atoms with E-state index in [-0.39, 0.29) is 23.7 Å². The molecule has 28 heavy (non-hydrogen) atoms. The zero-order chi connectivity index (χ0) is 19.3. The van der Waals surface area contributed by atoms with Crippen LogP contribution in [0.3, 0.4) is 0 Å². The molecule has 1 saturated heterocycles. The number of rotatable bonds is 3. The van der Waals surface area contributed by atoms with Gasteiger partial charge in [-0.1, -0.05) is 13.0 Å². The maximum Gasteiger partial charge on any atom is 0.157 e. The second-order valence-corrected chi connectivity index (χ2v) is 9.50. The zero-order valence-electron chi connectivity index (χ0n) is 17.1. The van der Waals surface area contributed by atoms with Crippen molar-refractivity contribution in [3.8, 4) is 5.75 Å². The minimum absolute atomic E-state index is 0.0387. The van der Waals surface area contributed by atoms with E-state index in [0.717, 1.165) is 44.5 Å². The fourth-order valence-corrected chi connectivity index (χ4v) is 6.68. The molecule has 0 N–H and O–H groups in total. The number of carbonyl (C=O) groups excluding carboxylic acids is 1. The summed E-state index contributed by atoms with van der Waals surface area (Å²) in [5.41, 5.74) is 2.52. The van der Waals surface area contributed by atoms with Crippen LogP contribution in [0.5, 0.6) is 5.75 Å². The van der Waals surface area contributed by atoms with Gasteiger partial charge in [-0.3, -0.25) is 4.79 Å². The molecule has 0 radical (unpaired) electrons. The molecule has 3 fully saturated rings. The number of Topliss-reactive ketones (excluding diaryl/α,β-unsaturated/α-hetero) is 1. The van der Waals surface area contributed by atoms with Crippen LogP contribution in [-0.4, -0.2) is 31.9 Å². The molecule has 0 amide bonds. The minimum atomic E-state index is -0.0679. The normalized spacial score (nSPS) is 39.8. The van der Waals surface area contributed by atoms with E-state index in [9.17, 15) is 4.79 Å². The highest BCUT2D eigenvalue weighted by Crippen LogP contribution is 2.60. The number of ether oxygens (including phenoxy) is 3. The zero-order valence-corrected chi connectivity index (χ0v) is 17.1. The van der Waals surface area contributed by atoms with Gasteiger partial charge in [-0.15, -0.1) is 0 Å². The predicted octanol–water partition coefficient (Wildman–Crippen LogP) is 4.64. The molecular formula is C24H32O4. The molecule has 1 aromatic carbocycles. The summed E-state index contributed by atoms with van der Waals surface area (Å²) >= 11 is 0. The summed E-state index contributed by atoms with van der Waals surface area (Å²) in [4.78, 5) is 13.4. The van der Waals surface area contributed by atoms with Crippen molar-refractivity contribution in [2.75, 3.05) is 13.7 Å².